The Morgan fingerprint density at radius 2 is 2.00 bits per heavy atom. The summed E-state index contributed by atoms with van der Waals surface area (Å²) in [4.78, 5) is 73.9. The van der Waals surface area contributed by atoms with Gasteiger partial charge < -0.3 is 15.2 Å². The average Bonchev–Trinajstić information content (AvgIpc) is 2.91. The molecule has 3 N–H and O–H groups in total. The summed E-state index contributed by atoms with van der Waals surface area (Å²) >= 11 is 5.98. The molecule has 182 valence electrons. The maximum absolute atomic E-state index is 13.4. The minimum atomic E-state index is -1.29. The second kappa shape index (κ2) is 10.5. The lowest BCUT2D eigenvalue weighted by Crippen LogP contribution is -2.64. The maximum atomic E-state index is 13.4. The van der Waals surface area contributed by atoms with Crippen molar-refractivity contribution in [3.05, 3.63) is 34.3 Å². The molecular weight excluding hydrogens is 470 g/mol. The van der Waals surface area contributed by atoms with Crippen LogP contribution in [0.4, 0.5) is 4.79 Å². The number of carbonyl (C=O) groups excluding carboxylic acids is 5. The van der Waals surface area contributed by atoms with E-state index >= 15 is 0 Å². The van der Waals surface area contributed by atoms with Crippen LogP contribution in [0.5, 0.6) is 0 Å². The first-order valence-electron chi connectivity index (χ1n) is 10.6. The lowest BCUT2D eigenvalue weighted by molar-refractivity contribution is -0.155. The molecule has 0 aromatic heterocycles. The summed E-state index contributed by atoms with van der Waals surface area (Å²) in [5, 5.41) is 14.6. The Morgan fingerprint density at radius 3 is 2.68 bits per heavy atom. The van der Waals surface area contributed by atoms with E-state index in [1.807, 2.05) is 0 Å². The van der Waals surface area contributed by atoms with Gasteiger partial charge >= 0.3 is 12.0 Å². The lowest BCUT2D eigenvalue weighted by Gasteiger charge is -2.42. The van der Waals surface area contributed by atoms with Gasteiger partial charge in [-0.15, -0.1) is 0 Å². The maximum Gasteiger partial charge on any atom is 0.358 e. The van der Waals surface area contributed by atoms with Crippen molar-refractivity contribution in [3.63, 3.8) is 0 Å². The molecule has 0 aliphatic carbocycles. The first kappa shape index (κ1) is 25.0. The van der Waals surface area contributed by atoms with Crippen LogP contribution in [0.2, 0.25) is 5.02 Å². The van der Waals surface area contributed by atoms with Crippen molar-refractivity contribution >= 4 is 47.6 Å². The average molecular weight is 494 g/mol. The number of carboxylic acids is 1. The quantitative estimate of drug-likeness (QED) is 0.466. The molecule has 2 fully saturated rings. The number of halogens is 1. The molecule has 2 heterocycles. The van der Waals surface area contributed by atoms with Crippen LogP contribution >= 0.6 is 11.6 Å². The number of nitrogens with zero attached hydrogens (tertiary/aromatic N) is 3. The van der Waals surface area contributed by atoms with Gasteiger partial charge in [-0.2, -0.15) is 0 Å². The van der Waals surface area contributed by atoms with E-state index in [1.165, 1.54) is 6.07 Å². The van der Waals surface area contributed by atoms with Gasteiger partial charge in [-0.05, 0) is 37.5 Å². The summed E-state index contributed by atoms with van der Waals surface area (Å²) in [6.07, 6.45) is 0.157. The number of hydrazine groups is 2. The van der Waals surface area contributed by atoms with Crippen molar-refractivity contribution in [1.29, 1.82) is 0 Å². The van der Waals surface area contributed by atoms with Gasteiger partial charge in [0.05, 0.1) is 19.0 Å². The fourth-order valence-electron chi connectivity index (χ4n) is 3.84. The number of aryl methyl sites for hydroxylation is 1. The molecule has 12 nitrogen and oxygen atoms in total. The number of fused-ring (bicyclic) bond motifs is 1. The Kier molecular flexibility index (Phi) is 7.72. The van der Waals surface area contributed by atoms with Crippen LogP contribution < -0.4 is 10.7 Å². The highest BCUT2D eigenvalue weighted by Crippen LogP contribution is 2.24. The van der Waals surface area contributed by atoms with E-state index < -0.39 is 48.2 Å². The molecule has 0 spiro atoms. The summed E-state index contributed by atoms with van der Waals surface area (Å²) in [7, 11) is 0. The minimum absolute atomic E-state index is 0.0959. The zero-order valence-electron chi connectivity index (χ0n) is 18.3. The number of rotatable bonds is 7. The molecule has 2 aliphatic rings. The Morgan fingerprint density at radius 1 is 1.26 bits per heavy atom. The standard InChI is InChI=1S/C21H24ClN5O7/c1-12-4-5-13(22)9-15(12)19(32)24-25-8-6-17(29)26-7-2-3-16(27(26)21(25)34)20(33)23-14(11-28)10-18(30)31/h4-5,9,11,14,16H,2-3,6-8,10H2,1H3,(H,23,33)(H,24,32)(H,30,31). The first-order valence-corrected chi connectivity index (χ1v) is 11.0. The van der Waals surface area contributed by atoms with Crippen molar-refractivity contribution in [2.45, 2.75) is 44.7 Å². The number of carboxylic acid groups (broad SMARTS) is 1. The van der Waals surface area contributed by atoms with Gasteiger partial charge in [-0.1, -0.05) is 17.7 Å². The highest BCUT2D eigenvalue weighted by Gasteiger charge is 2.44. The summed E-state index contributed by atoms with van der Waals surface area (Å²) in [6, 6.07) is 1.45. The highest BCUT2D eigenvalue weighted by atomic mass is 35.5. The van der Waals surface area contributed by atoms with Gasteiger partial charge in [0.25, 0.3) is 5.91 Å². The van der Waals surface area contributed by atoms with Crippen molar-refractivity contribution in [3.8, 4) is 0 Å². The monoisotopic (exact) mass is 493 g/mol. The number of aliphatic carboxylic acids is 1. The topological polar surface area (TPSA) is 156 Å². The molecule has 0 saturated carbocycles. The minimum Gasteiger partial charge on any atom is -0.481 e. The first-order chi connectivity index (χ1) is 16.1. The molecule has 1 aromatic rings. The normalized spacial score (nSPS) is 19.1. The molecule has 0 radical (unpaired) electrons. The molecule has 2 saturated heterocycles. The number of nitrogens with one attached hydrogen (secondary N) is 2. The predicted octanol–water partition coefficient (Wildman–Crippen LogP) is 0.485. The number of hydrogen-bond acceptors (Lipinski definition) is 6. The predicted molar refractivity (Wildman–Crippen MR) is 117 cm³/mol. The van der Waals surface area contributed by atoms with Crippen LogP contribution in [-0.2, 0) is 19.2 Å². The van der Waals surface area contributed by atoms with Crippen molar-refractivity contribution < 1.29 is 33.9 Å². The third-order valence-electron chi connectivity index (χ3n) is 5.54. The molecule has 3 rings (SSSR count). The van der Waals surface area contributed by atoms with Crippen molar-refractivity contribution in [2.24, 2.45) is 0 Å². The molecular formula is C21H24ClN5O7. The number of aldehydes is 1. The number of amides is 5. The SMILES string of the molecule is Cc1ccc(Cl)cc1C(=O)NN1CCC(=O)N2CCCC(C(=O)NC(C=O)CC(=O)O)N2C1=O. The van der Waals surface area contributed by atoms with Crippen LogP contribution in [0, 0.1) is 6.92 Å². The van der Waals surface area contributed by atoms with Gasteiger partial charge in [0.15, 0.2) is 0 Å². The van der Waals surface area contributed by atoms with Gasteiger partial charge in [0, 0.05) is 23.6 Å². The molecule has 2 unspecified atom stereocenters. The molecule has 34 heavy (non-hydrogen) atoms. The van der Waals surface area contributed by atoms with E-state index in [9.17, 15) is 28.8 Å². The number of hydrogen-bond donors (Lipinski definition) is 3. The second-order valence-corrected chi connectivity index (χ2v) is 8.39. The smallest absolute Gasteiger partial charge is 0.358 e. The van der Waals surface area contributed by atoms with E-state index in [2.05, 4.69) is 10.7 Å². The number of urea groups is 1. The fraction of sp³-hybridized carbons (Fsp3) is 0.429. The summed E-state index contributed by atoms with van der Waals surface area (Å²) in [5.74, 6) is -3.09. The lowest BCUT2D eigenvalue weighted by atomic mass is 10.1. The highest BCUT2D eigenvalue weighted by molar-refractivity contribution is 6.31. The van der Waals surface area contributed by atoms with Crippen LogP contribution in [0.25, 0.3) is 0 Å². The Bertz CT molecular complexity index is 1030. The molecule has 1 aromatic carbocycles. The third kappa shape index (κ3) is 5.45. The van der Waals surface area contributed by atoms with E-state index in [0.29, 0.717) is 23.3 Å². The molecule has 5 amide bonds. The van der Waals surface area contributed by atoms with Crippen LogP contribution in [0.15, 0.2) is 18.2 Å². The molecule has 2 aliphatic heterocycles. The zero-order chi connectivity index (χ0) is 25.0. The van der Waals surface area contributed by atoms with Gasteiger partial charge in [-0.3, -0.25) is 24.6 Å². The zero-order valence-corrected chi connectivity index (χ0v) is 19.1. The number of benzene rings is 1. The Balaban J connectivity index is 1.83. The van der Waals surface area contributed by atoms with Gasteiger partial charge in [0.1, 0.15) is 12.3 Å². The van der Waals surface area contributed by atoms with Gasteiger partial charge in [0.2, 0.25) is 11.8 Å². The van der Waals surface area contributed by atoms with E-state index in [-0.39, 0.29) is 31.5 Å². The molecule has 0 bridgehead atoms. The van der Waals surface area contributed by atoms with Crippen LogP contribution in [0.3, 0.4) is 0 Å². The Hall–Kier alpha value is -3.67. The molecule has 2 atom stereocenters. The van der Waals surface area contributed by atoms with E-state index in [1.54, 1.807) is 19.1 Å². The van der Waals surface area contributed by atoms with E-state index in [0.717, 1.165) is 15.0 Å². The fourth-order valence-corrected chi connectivity index (χ4v) is 4.01. The molecule has 13 heteroatoms. The summed E-state index contributed by atoms with van der Waals surface area (Å²) in [6.45, 7) is 1.77. The largest absolute Gasteiger partial charge is 0.481 e. The third-order valence-corrected chi connectivity index (χ3v) is 5.77. The summed E-state index contributed by atoms with van der Waals surface area (Å²) < 4.78 is 0. The van der Waals surface area contributed by atoms with Crippen LogP contribution in [0.1, 0.15) is 41.6 Å². The number of carbonyl (C=O) groups is 6. The van der Waals surface area contributed by atoms with Crippen molar-refractivity contribution in [2.75, 3.05) is 13.1 Å². The Labute approximate surface area is 199 Å². The second-order valence-electron chi connectivity index (χ2n) is 7.95. The van der Waals surface area contributed by atoms with E-state index in [4.69, 9.17) is 16.7 Å². The summed E-state index contributed by atoms with van der Waals surface area (Å²) in [5.41, 5.74) is 3.34. The van der Waals surface area contributed by atoms with Crippen LogP contribution in [-0.4, -0.2) is 81.3 Å². The van der Waals surface area contributed by atoms with Gasteiger partial charge in [-0.25, -0.2) is 19.8 Å². The van der Waals surface area contributed by atoms with Crippen molar-refractivity contribution in [1.82, 2.24) is 25.8 Å².